The van der Waals surface area contributed by atoms with Gasteiger partial charge in [0.1, 0.15) is 17.2 Å². The molecule has 1 aromatic carbocycles. The minimum absolute atomic E-state index is 0.0594. The van der Waals surface area contributed by atoms with Crippen molar-refractivity contribution in [1.29, 1.82) is 0 Å². The van der Waals surface area contributed by atoms with Gasteiger partial charge in [0.15, 0.2) is 0 Å². The van der Waals surface area contributed by atoms with E-state index in [0.717, 1.165) is 23.6 Å². The van der Waals surface area contributed by atoms with E-state index in [9.17, 15) is 27.9 Å². The van der Waals surface area contributed by atoms with E-state index in [1.807, 2.05) is 18.2 Å². The number of aliphatic carboxylic acids is 1. The van der Waals surface area contributed by atoms with Crippen LogP contribution >= 0.6 is 11.6 Å². The molecule has 54 heavy (non-hydrogen) atoms. The molecule has 284 valence electrons. The number of fused-ring (bicyclic) bond motifs is 1. The predicted octanol–water partition coefficient (Wildman–Crippen LogP) is 6.04. The first-order chi connectivity index (χ1) is 25.9. The predicted molar refractivity (Wildman–Crippen MR) is 191 cm³/mol. The van der Waals surface area contributed by atoms with Gasteiger partial charge in [0, 0.05) is 60.5 Å². The summed E-state index contributed by atoms with van der Waals surface area (Å²) in [5, 5.41) is 19.0. The summed E-state index contributed by atoms with van der Waals surface area (Å²) in [7, 11) is 2.82. The van der Waals surface area contributed by atoms with E-state index in [1.54, 1.807) is 31.5 Å². The van der Waals surface area contributed by atoms with Crippen LogP contribution in [0.3, 0.4) is 0 Å². The number of aromatic nitrogens is 3. The smallest absolute Gasteiger partial charge is 0.421 e. The van der Waals surface area contributed by atoms with Crippen LogP contribution in [-0.2, 0) is 35.3 Å². The highest BCUT2D eigenvalue weighted by Gasteiger charge is 2.50. The molecule has 3 aromatic heterocycles. The van der Waals surface area contributed by atoms with Crippen LogP contribution in [0.25, 0.3) is 22.5 Å². The fourth-order valence-electron chi connectivity index (χ4n) is 7.04. The number of methoxy groups -OCH3 is 2. The quantitative estimate of drug-likeness (QED) is 0.119. The minimum Gasteiger partial charge on any atom is -0.481 e. The van der Waals surface area contributed by atoms with Crippen LogP contribution in [0.1, 0.15) is 66.0 Å². The van der Waals surface area contributed by atoms with Gasteiger partial charge in [0.25, 0.3) is 0 Å². The molecule has 4 heterocycles. The van der Waals surface area contributed by atoms with Crippen LogP contribution in [0.2, 0.25) is 5.02 Å². The van der Waals surface area contributed by atoms with Gasteiger partial charge in [-0.3, -0.25) is 19.9 Å². The Bertz CT molecular complexity index is 2100. The van der Waals surface area contributed by atoms with Gasteiger partial charge in [-0.15, -0.1) is 0 Å². The van der Waals surface area contributed by atoms with Crippen molar-refractivity contribution in [3.8, 4) is 40.2 Å². The molecule has 1 aliphatic heterocycles. The van der Waals surface area contributed by atoms with Gasteiger partial charge in [-0.1, -0.05) is 35.9 Å². The summed E-state index contributed by atoms with van der Waals surface area (Å²) in [5.74, 6) is -1.31. The number of alkyl halides is 3. The molecule has 1 saturated heterocycles. The van der Waals surface area contributed by atoms with Crippen molar-refractivity contribution in [2.45, 2.75) is 75.5 Å². The number of nitrogens with one attached hydrogen (secondary N) is 3. The zero-order valence-corrected chi connectivity index (χ0v) is 30.2. The number of ether oxygens (including phenoxy) is 3. The van der Waals surface area contributed by atoms with Crippen LogP contribution < -0.4 is 30.2 Å². The van der Waals surface area contributed by atoms with Gasteiger partial charge in [-0.2, -0.15) is 18.2 Å². The normalized spacial score (nSPS) is 18.6. The first-order valence-corrected chi connectivity index (χ1v) is 17.9. The molecule has 4 aromatic rings. The first kappa shape index (κ1) is 37.3. The molecular formula is C38H38ClF3N6O6. The van der Waals surface area contributed by atoms with Crippen molar-refractivity contribution in [2.75, 3.05) is 20.8 Å². The lowest BCUT2D eigenvalue weighted by atomic mass is 9.98. The number of nitrogens with zero attached hydrogens (tertiary/aromatic N) is 3. The number of carbonyl (C=O) groups excluding carboxylic acids is 1. The summed E-state index contributed by atoms with van der Waals surface area (Å²) in [5.41, 5.74) is 2.55. The molecular weight excluding hydrogens is 729 g/mol. The lowest BCUT2D eigenvalue weighted by Gasteiger charge is -2.21. The number of rotatable bonds is 14. The van der Waals surface area contributed by atoms with Crippen molar-refractivity contribution < 1.29 is 42.1 Å². The molecule has 7 rings (SSSR count). The van der Waals surface area contributed by atoms with Gasteiger partial charge < -0.3 is 30.0 Å². The van der Waals surface area contributed by atoms with E-state index in [1.165, 1.54) is 7.11 Å². The Hall–Kier alpha value is -4.99. The monoisotopic (exact) mass is 766 g/mol. The molecule has 0 unspecified atom stereocenters. The molecule has 1 amide bonds. The number of hydrogen-bond donors (Lipinski definition) is 4. The molecule has 4 N–H and O–H groups in total. The highest BCUT2D eigenvalue weighted by atomic mass is 35.5. The Morgan fingerprint density at radius 2 is 1.78 bits per heavy atom. The Morgan fingerprint density at radius 3 is 2.46 bits per heavy atom. The fourth-order valence-corrected chi connectivity index (χ4v) is 7.35. The summed E-state index contributed by atoms with van der Waals surface area (Å²) < 4.78 is 60.3. The van der Waals surface area contributed by atoms with Crippen LogP contribution in [-0.4, -0.2) is 64.3 Å². The number of pyridine rings is 3. The third-order valence-corrected chi connectivity index (χ3v) is 10.5. The fraction of sp³-hybridized carbons (Fsp3) is 0.395. The number of halogens is 4. The molecule has 3 aliphatic rings. The van der Waals surface area contributed by atoms with Crippen LogP contribution in [0.5, 0.6) is 17.6 Å². The Morgan fingerprint density at radius 1 is 1.00 bits per heavy atom. The second kappa shape index (κ2) is 15.0. The van der Waals surface area contributed by atoms with E-state index in [2.05, 4.69) is 25.9 Å². The molecule has 0 spiro atoms. The summed E-state index contributed by atoms with van der Waals surface area (Å²) in [6.07, 6.45) is -1.02. The molecule has 0 bridgehead atoms. The van der Waals surface area contributed by atoms with E-state index >= 15 is 0 Å². The second-order valence-corrected chi connectivity index (χ2v) is 14.0. The standard InChI is InChI=1S/C38H38ClF3N6O6/c1-52-33-20(17-43-19-22-7-11-30(49)46-22)6-9-28(47-33)26-12-15-44-32(31(26)39)25-5-3-4-24-23(25)8-10-29(24)54-35-27(38(40,41)42)16-21(34(48-35)53-2)18-45-37(13-14-37)36(50)51/h3-6,9,12,15-16,22,29,43,45H,7-8,10-11,13-14,17-19H2,1-2H3,(H,46,49)(H,50,51)/t22-,29-/m0/s1. The van der Waals surface area contributed by atoms with Crippen molar-refractivity contribution in [3.05, 3.63) is 81.5 Å². The summed E-state index contributed by atoms with van der Waals surface area (Å²) in [6.45, 7) is 0.928. The van der Waals surface area contributed by atoms with Gasteiger partial charge in [0.05, 0.1) is 30.6 Å². The van der Waals surface area contributed by atoms with Crippen molar-refractivity contribution in [3.63, 3.8) is 0 Å². The first-order valence-electron chi connectivity index (χ1n) is 17.5. The lowest BCUT2D eigenvalue weighted by molar-refractivity contribution is -0.141. The van der Waals surface area contributed by atoms with E-state index in [0.29, 0.717) is 84.2 Å². The number of carboxylic acids is 1. The van der Waals surface area contributed by atoms with E-state index in [-0.39, 0.29) is 29.9 Å². The van der Waals surface area contributed by atoms with Gasteiger partial charge in [-0.05, 0) is 61.4 Å². The largest absolute Gasteiger partial charge is 0.481 e. The molecule has 16 heteroatoms. The maximum absolute atomic E-state index is 14.4. The molecule has 12 nitrogen and oxygen atoms in total. The van der Waals surface area contributed by atoms with Gasteiger partial charge >= 0.3 is 12.1 Å². The van der Waals surface area contributed by atoms with Gasteiger partial charge in [-0.25, -0.2) is 4.98 Å². The highest BCUT2D eigenvalue weighted by Crippen LogP contribution is 2.46. The summed E-state index contributed by atoms with van der Waals surface area (Å²) in [6, 6.07) is 11.9. The van der Waals surface area contributed by atoms with E-state index in [4.69, 9.17) is 30.8 Å². The average molecular weight is 767 g/mol. The number of carbonyl (C=O) groups is 2. The average Bonchev–Trinajstić information content (AvgIpc) is 3.68. The third kappa shape index (κ3) is 7.52. The van der Waals surface area contributed by atoms with Crippen LogP contribution in [0, 0.1) is 0 Å². The number of hydrogen-bond acceptors (Lipinski definition) is 10. The second-order valence-electron chi connectivity index (χ2n) is 13.6. The molecule has 1 saturated carbocycles. The molecule has 2 fully saturated rings. The van der Waals surface area contributed by atoms with Crippen LogP contribution in [0.15, 0.2) is 48.7 Å². The topological polar surface area (TPSA) is 157 Å². The van der Waals surface area contributed by atoms with Crippen LogP contribution in [0.4, 0.5) is 13.2 Å². The number of carboxylic acid groups (broad SMARTS) is 1. The molecule has 2 atom stereocenters. The zero-order chi connectivity index (χ0) is 38.2. The van der Waals surface area contributed by atoms with E-state index < -0.39 is 35.2 Å². The zero-order valence-electron chi connectivity index (χ0n) is 29.5. The van der Waals surface area contributed by atoms with Crippen molar-refractivity contribution >= 4 is 23.5 Å². The van der Waals surface area contributed by atoms with Gasteiger partial charge in [0.2, 0.25) is 23.5 Å². The number of benzene rings is 1. The third-order valence-electron chi connectivity index (χ3n) is 10.1. The lowest BCUT2D eigenvalue weighted by Crippen LogP contribution is -2.38. The Labute approximate surface area is 313 Å². The minimum atomic E-state index is -4.81. The molecule has 2 aliphatic carbocycles. The van der Waals surface area contributed by atoms with Crippen molar-refractivity contribution in [1.82, 2.24) is 30.9 Å². The summed E-state index contributed by atoms with van der Waals surface area (Å²) >= 11 is 7.04. The van der Waals surface area contributed by atoms with Crippen molar-refractivity contribution in [2.24, 2.45) is 0 Å². The SMILES string of the molecule is COc1nc(-c2ccnc(-c3cccc4c3CC[C@@H]4Oc3nc(OC)c(CNC4(C(=O)O)CC4)cc3C(F)(F)F)c2Cl)ccc1CNC[C@@H]1CCC(=O)N1. The summed E-state index contributed by atoms with van der Waals surface area (Å²) in [4.78, 5) is 36.6. The Balaban J connectivity index is 1.13. The maximum atomic E-state index is 14.4. The highest BCUT2D eigenvalue weighted by molar-refractivity contribution is 6.35. The molecule has 0 radical (unpaired) electrons. The Kier molecular flexibility index (Phi) is 10.4. The number of amides is 1. The maximum Gasteiger partial charge on any atom is 0.421 e.